The number of hydrogen-bond donors (Lipinski definition) is 0. The molecule has 9 heteroatoms. The first kappa shape index (κ1) is 18.0. The van der Waals surface area contributed by atoms with Crippen LogP contribution in [0.15, 0.2) is 0 Å². The van der Waals surface area contributed by atoms with Gasteiger partial charge in [-0.1, -0.05) is 5.10 Å². The molecule has 0 atom stereocenters. The van der Waals surface area contributed by atoms with Crippen LogP contribution >= 0.6 is 11.3 Å². The van der Waals surface area contributed by atoms with Gasteiger partial charge in [0.1, 0.15) is 20.9 Å². The summed E-state index contributed by atoms with van der Waals surface area (Å²) in [4.78, 5) is 8.32. The molecule has 0 amide bonds. The van der Waals surface area contributed by atoms with Gasteiger partial charge in [-0.05, 0) is 31.5 Å². The number of fused-ring (bicyclic) bond motifs is 5. The predicted octanol–water partition coefficient (Wildman–Crippen LogP) is 2.72. The van der Waals surface area contributed by atoms with Crippen LogP contribution in [0, 0.1) is 0 Å². The first-order chi connectivity index (χ1) is 13.6. The Labute approximate surface area is 166 Å². The second-order valence-corrected chi connectivity index (χ2v) is 8.70. The van der Waals surface area contributed by atoms with Crippen molar-refractivity contribution in [3.05, 3.63) is 11.1 Å². The van der Waals surface area contributed by atoms with Gasteiger partial charge >= 0.3 is 0 Å². The van der Waals surface area contributed by atoms with Crippen LogP contribution in [0.3, 0.4) is 0 Å². The summed E-state index contributed by atoms with van der Waals surface area (Å²) in [7, 11) is 0. The Kier molecular flexibility index (Phi) is 4.33. The van der Waals surface area contributed by atoms with E-state index in [0.717, 1.165) is 64.5 Å². The van der Waals surface area contributed by atoms with Crippen molar-refractivity contribution in [1.82, 2.24) is 20.4 Å². The summed E-state index contributed by atoms with van der Waals surface area (Å²) in [6.45, 7) is 10.4. The van der Waals surface area contributed by atoms with Crippen LogP contribution in [-0.4, -0.2) is 58.9 Å². The summed E-state index contributed by atoms with van der Waals surface area (Å²) >= 11 is 1.58. The number of pyridine rings is 1. The molecule has 2 aliphatic heterocycles. The molecule has 5 rings (SSSR count). The molecule has 0 saturated carbocycles. The van der Waals surface area contributed by atoms with Crippen molar-refractivity contribution in [2.45, 2.75) is 39.4 Å². The minimum Gasteiger partial charge on any atom is -0.476 e. The van der Waals surface area contributed by atoms with E-state index in [1.807, 2.05) is 6.92 Å². The highest BCUT2D eigenvalue weighted by Crippen LogP contribution is 2.44. The number of ether oxygens (including phenoxy) is 3. The van der Waals surface area contributed by atoms with Crippen LogP contribution in [0.5, 0.6) is 5.88 Å². The van der Waals surface area contributed by atoms with Gasteiger partial charge in [0.15, 0.2) is 0 Å². The highest BCUT2D eigenvalue weighted by molar-refractivity contribution is 7.25. The zero-order valence-electron chi connectivity index (χ0n) is 16.3. The van der Waals surface area contributed by atoms with E-state index < -0.39 is 0 Å². The van der Waals surface area contributed by atoms with E-state index >= 15 is 0 Å². The molecular weight excluding hydrogens is 378 g/mol. The number of morpholine rings is 1. The standard InChI is InChI=1S/C19H23N5O3S/c1-4-26-17-15-14(21-23-22-17)13-11-9-19(2,3)27-10-12(11)16(20-18(13)28-15)24-5-7-25-8-6-24/h4-10H2,1-3H3. The fourth-order valence-corrected chi connectivity index (χ4v) is 5.04. The van der Waals surface area contributed by atoms with E-state index in [0.29, 0.717) is 19.1 Å². The minimum atomic E-state index is -0.235. The lowest BCUT2D eigenvalue weighted by Crippen LogP contribution is -2.39. The molecule has 0 aromatic carbocycles. The Morgan fingerprint density at radius 3 is 2.79 bits per heavy atom. The lowest BCUT2D eigenvalue weighted by molar-refractivity contribution is -0.0396. The summed E-state index contributed by atoms with van der Waals surface area (Å²) in [5, 5.41) is 13.5. The molecule has 0 bridgehead atoms. The third kappa shape index (κ3) is 2.89. The fourth-order valence-electron chi connectivity index (χ4n) is 3.96. The second kappa shape index (κ2) is 6.75. The summed E-state index contributed by atoms with van der Waals surface area (Å²) in [5.74, 6) is 1.54. The fraction of sp³-hybridized carbons (Fsp3) is 0.579. The molecule has 28 heavy (non-hydrogen) atoms. The van der Waals surface area contributed by atoms with Crippen LogP contribution in [0.4, 0.5) is 5.82 Å². The highest BCUT2D eigenvalue weighted by atomic mass is 32.1. The van der Waals surface area contributed by atoms with Gasteiger partial charge in [-0.3, -0.25) is 0 Å². The maximum atomic E-state index is 6.16. The molecule has 0 aliphatic carbocycles. The summed E-state index contributed by atoms with van der Waals surface area (Å²) in [5.41, 5.74) is 3.01. The van der Waals surface area contributed by atoms with Crippen LogP contribution in [0.2, 0.25) is 0 Å². The van der Waals surface area contributed by atoms with E-state index in [2.05, 4.69) is 34.2 Å². The Hall–Kier alpha value is -2.10. The van der Waals surface area contributed by atoms with Crippen molar-refractivity contribution in [2.24, 2.45) is 0 Å². The molecule has 148 valence electrons. The first-order valence-corrected chi connectivity index (χ1v) is 10.5. The second-order valence-electron chi connectivity index (χ2n) is 7.70. The topological polar surface area (TPSA) is 82.5 Å². The maximum Gasteiger partial charge on any atom is 0.255 e. The third-order valence-corrected chi connectivity index (χ3v) is 6.34. The van der Waals surface area contributed by atoms with Gasteiger partial charge < -0.3 is 19.1 Å². The van der Waals surface area contributed by atoms with Crippen molar-refractivity contribution in [3.8, 4) is 5.88 Å². The van der Waals surface area contributed by atoms with Crippen molar-refractivity contribution >= 4 is 37.6 Å². The lowest BCUT2D eigenvalue weighted by Gasteiger charge is -2.36. The SMILES string of the molecule is CCOc1nnnc2c1sc1nc(N3CCOCC3)c3c(c12)CC(C)(C)OC3. The van der Waals surface area contributed by atoms with Gasteiger partial charge in [0.2, 0.25) is 0 Å². The average Bonchev–Trinajstić information content (AvgIpc) is 3.07. The molecule has 0 N–H and O–H groups in total. The Bertz CT molecular complexity index is 1050. The molecule has 2 aliphatic rings. The van der Waals surface area contributed by atoms with Crippen LogP contribution in [0.1, 0.15) is 31.9 Å². The lowest BCUT2D eigenvalue weighted by atomic mass is 9.90. The van der Waals surface area contributed by atoms with E-state index in [4.69, 9.17) is 19.2 Å². The third-order valence-electron chi connectivity index (χ3n) is 5.28. The molecule has 5 heterocycles. The first-order valence-electron chi connectivity index (χ1n) is 9.64. The number of rotatable bonds is 3. The van der Waals surface area contributed by atoms with Crippen molar-refractivity contribution in [3.63, 3.8) is 0 Å². The number of thiophene rings is 1. The smallest absolute Gasteiger partial charge is 0.255 e. The number of anilines is 1. The van der Waals surface area contributed by atoms with Gasteiger partial charge in [0.25, 0.3) is 5.88 Å². The monoisotopic (exact) mass is 401 g/mol. The molecule has 0 radical (unpaired) electrons. The van der Waals surface area contributed by atoms with Gasteiger partial charge in [-0.15, -0.1) is 16.4 Å². The van der Waals surface area contributed by atoms with Gasteiger partial charge in [0, 0.05) is 30.5 Å². The van der Waals surface area contributed by atoms with E-state index in [1.165, 1.54) is 5.56 Å². The van der Waals surface area contributed by atoms with Gasteiger partial charge in [-0.25, -0.2) is 4.98 Å². The van der Waals surface area contributed by atoms with Crippen molar-refractivity contribution in [1.29, 1.82) is 0 Å². The van der Waals surface area contributed by atoms with Crippen LogP contribution < -0.4 is 9.64 Å². The average molecular weight is 401 g/mol. The molecule has 3 aromatic heterocycles. The van der Waals surface area contributed by atoms with Crippen LogP contribution in [-0.2, 0) is 22.5 Å². The highest BCUT2D eigenvalue weighted by Gasteiger charge is 2.33. The number of aromatic nitrogens is 4. The predicted molar refractivity (Wildman–Crippen MR) is 107 cm³/mol. The van der Waals surface area contributed by atoms with Crippen molar-refractivity contribution < 1.29 is 14.2 Å². The molecular formula is C19H23N5O3S. The minimum absolute atomic E-state index is 0.235. The molecule has 8 nitrogen and oxygen atoms in total. The number of nitrogens with zero attached hydrogens (tertiary/aromatic N) is 5. The quantitative estimate of drug-likeness (QED) is 0.663. The maximum absolute atomic E-state index is 6.16. The van der Waals surface area contributed by atoms with E-state index in [-0.39, 0.29) is 5.60 Å². The van der Waals surface area contributed by atoms with E-state index in [9.17, 15) is 0 Å². The van der Waals surface area contributed by atoms with Gasteiger partial charge in [-0.2, -0.15) is 0 Å². The molecule has 0 spiro atoms. The Morgan fingerprint density at radius 1 is 1.18 bits per heavy atom. The van der Waals surface area contributed by atoms with Crippen molar-refractivity contribution in [2.75, 3.05) is 37.8 Å². The molecule has 0 unspecified atom stereocenters. The Balaban J connectivity index is 1.79. The molecule has 1 saturated heterocycles. The summed E-state index contributed by atoms with van der Waals surface area (Å²) in [6.07, 6.45) is 0.804. The zero-order chi connectivity index (χ0) is 19.3. The molecule has 3 aromatic rings. The summed E-state index contributed by atoms with van der Waals surface area (Å²) < 4.78 is 18.3. The van der Waals surface area contributed by atoms with E-state index in [1.54, 1.807) is 11.3 Å². The normalized spacial score (nSPS) is 19.2. The molecule has 1 fully saturated rings. The Morgan fingerprint density at radius 2 is 2.00 bits per heavy atom. The number of hydrogen-bond acceptors (Lipinski definition) is 9. The van der Waals surface area contributed by atoms with Gasteiger partial charge in [0.05, 0.1) is 32.0 Å². The zero-order valence-corrected chi connectivity index (χ0v) is 17.1. The van der Waals surface area contributed by atoms with Crippen LogP contribution in [0.25, 0.3) is 20.4 Å². The summed E-state index contributed by atoms with van der Waals surface area (Å²) in [6, 6.07) is 0. The largest absolute Gasteiger partial charge is 0.476 e.